The van der Waals surface area contributed by atoms with E-state index in [4.69, 9.17) is 0 Å². The molecule has 0 heterocycles. The highest BCUT2D eigenvalue weighted by molar-refractivity contribution is 5.93. The molecule has 0 radical (unpaired) electrons. The van der Waals surface area contributed by atoms with E-state index in [2.05, 4.69) is 0 Å². The summed E-state index contributed by atoms with van der Waals surface area (Å²) in [6.07, 6.45) is 3.71. The second-order valence-electron chi connectivity index (χ2n) is 5.28. The normalized spacial score (nSPS) is 30.5. The Kier molecular flexibility index (Phi) is 4.03. The Bertz CT molecular complexity index is 614. The lowest BCUT2D eigenvalue weighted by Crippen LogP contribution is -2.49. The van der Waals surface area contributed by atoms with Crippen molar-refractivity contribution in [3.8, 4) is 0 Å². The van der Waals surface area contributed by atoms with Crippen LogP contribution in [0.1, 0.15) is 12.8 Å². The highest BCUT2D eigenvalue weighted by Crippen LogP contribution is 2.46. The van der Waals surface area contributed by atoms with E-state index in [1.807, 2.05) is 0 Å². The van der Waals surface area contributed by atoms with E-state index in [0.29, 0.717) is 6.42 Å². The summed E-state index contributed by atoms with van der Waals surface area (Å²) in [7, 11) is 0. The van der Waals surface area contributed by atoms with Crippen molar-refractivity contribution in [3.05, 3.63) is 23.3 Å². The van der Waals surface area contributed by atoms with Crippen LogP contribution < -0.4 is 0 Å². The Balaban J connectivity index is 2.73. The quantitative estimate of drug-likeness (QED) is 0.584. The highest BCUT2D eigenvalue weighted by Gasteiger charge is 2.55. The third-order valence-corrected chi connectivity index (χ3v) is 4.17. The zero-order valence-electron chi connectivity index (χ0n) is 11.3. The average molecular weight is 310 g/mol. The molecule has 2 aliphatic rings. The van der Waals surface area contributed by atoms with Gasteiger partial charge < -0.3 is 20.4 Å². The second-order valence-corrected chi connectivity index (χ2v) is 5.28. The number of hydrogen-bond donors (Lipinski definition) is 4. The van der Waals surface area contributed by atoms with Gasteiger partial charge in [0.1, 0.15) is 0 Å². The van der Waals surface area contributed by atoms with Crippen molar-refractivity contribution in [1.29, 1.82) is 0 Å². The van der Waals surface area contributed by atoms with Crippen LogP contribution in [0.5, 0.6) is 0 Å². The first-order chi connectivity index (χ1) is 10.3. The molecule has 0 aromatic carbocycles. The summed E-state index contributed by atoms with van der Waals surface area (Å²) < 4.78 is 0. The zero-order chi connectivity index (χ0) is 16.6. The van der Waals surface area contributed by atoms with Crippen LogP contribution in [0.2, 0.25) is 0 Å². The first-order valence-electron chi connectivity index (χ1n) is 6.58. The summed E-state index contributed by atoms with van der Waals surface area (Å²) in [6.45, 7) is 0. The molecule has 118 valence electrons. The van der Waals surface area contributed by atoms with Gasteiger partial charge in [-0.1, -0.05) is 17.7 Å². The van der Waals surface area contributed by atoms with Crippen molar-refractivity contribution in [1.82, 2.24) is 0 Å². The SMILES string of the molecule is O=C(O)C1C2=C(CCC=C2)C(C(=O)O)C(C(=O)O)C1C(=O)O. The predicted molar refractivity (Wildman–Crippen MR) is 69.9 cm³/mol. The van der Waals surface area contributed by atoms with Gasteiger partial charge in [-0.25, -0.2) is 0 Å². The Hall–Kier alpha value is -2.64. The number of carboxylic acids is 4. The van der Waals surface area contributed by atoms with Gasteiger partial charge in [0.15, 0.2) is 0 Å². The molecule has 4 N–H and O–H groups in total. The average Bonchev–Trinajstić information content (AvgIpc) is 2.43. The molecule has 0 aliphatic heterocycles. The van der Waals surface area contributed by atoms with E-state index in [1.165, 1.54) is 6.08 Å². The Morgan fingerprint density at radius 2 is 1.32 bits per heavy atom. The molecule has 0 aromatic rings. The van der Waals surface area contributed by atoms with Crippen LogP contribution in [0.15, 0.2) is 23.3 Å². The zero-order valence-corrected chi connectivity index (χ0v) is 11.3. The number of carbonyl (C=O) groups is 4. The smallest absolute Gasteiger partial charge is 0.311 e. The van der Waals surface area contributed by atoms with Crippen LogP contribution in [0.4, 0.5) is 0 Å². The van der Waals surface area contributed by atoms with Crippen LogP contribution in [0.3, 0.4) is 0 Å². The molecule has 0 saturated carbocycles. The molecule has 4 atom stereocenters. The van der Waals surface area contributed by atoms with E-state index in [1.54, 1.807) is 6.08 Å². The van der Waals surface area contributed by atoms with Gasteiger partial charge in [-0.2, -0.15) is 0 Å². The highest BCUT2D eigenvalue weighted by atomic mass is 16.4. The third kappa shape index (κ3) is 2.36. The van der Waals surface area contributed by atoms with Crippen molar-refractivity contribution in [2.24, 2.45) is 23.7 Å². The minimum Gasteiger partial charge on any atom is -0.481 e. The molecule has 4 unspecified atom stereocenters. The lowest BCUT2D eigenvalue weighted by Gasteiger charge is -2.39. The van der Waals surface area contributed by atoms with Crippen LogP contribution in [-0.2, 0) is 19.2 Å². The van der Waals surface area contributed by atoms with Gasteiger partial charge in [0.05, 0.1) is 23.7 Å². The van der Waals surface area contributed by atoms with Crippen molar-refractivity contribution < 1.29 is 39.6 Å². The van der Waals surface area contributed by atoms with Crippen molar-refractivity contribution in [2.75, 3.05) is 0 Å². The van der Waals surface area contributed by atoms with E-state index in [-0.39, 0.29) is 17.6 Å². The number of hydrogen-bond acceptors (Lipinski definition) is 4. The maximum absolute atomic E-state index is 11.5. The minimum absolute atomic E-state index is 0.107. The molecule has 0 aromatic heterocycles. The summed E-state index contributed by atoms with van der Waals surface area (Å²) in [5.41, 5.74) is 0.309. The molecule has 2 rings (SSSR count). The number of allylic oxidation sites excluding steroid dienone is 2. The van der Waals surface area contributed by atoms with Gasteiger partial charge in [0.25, 0.3) is 0 Å². The Morgan fingerprint density at radius 1 is 0.818 bits per heavy atom. The summed E-state index contributed by atoms with van der Waals surface area (Å²) >= 11 is 0. The van der Waals surface area contributed by atoms with Gasteiger partial charge in [-0.15, -0.1) is 0 Å². The van der Waals surface area contributed by atoms with E-state index in [9.17, 15) is 39.6 Å². The molecule has 0 bridgehead atoms. The maximum atomic E-state index is 11.5. The largest absolute Gasteiger partial charge is 0.481 e. The maximum Gasteiger partial charge on any atom is 0.311 e. The molecule has 8 nitrogen and oxygen atoms in total. The molecule has 2 aliphatic carbocycles. The van der Waals surface area contributed by atoms with Gasteiger partial charge in [-0.3, -0.25) is 19.2 Å². The monoisotopic (exact) mass is 310 g/mol. The van der Waals surface area contributed by atoms with Crippen molar-refractivity contribution in [2.45, 2.75) is 12.8 Å². The fourth-order valence-corrected chi connectivity index (χ4v) is 3.35. The first-order valence-corrected chi connectivity index (χ1v) is 6.58. The molecule has 22 heavy (non-hydrogen) atoms. The van der Waals surface area contributed by atoms with Gasteiger partial charge >= 0.3 is 23.9 Å². The fourth-order valence-electron chi connectivity index (χ4n) is 3.35. The topological polar surface area (TPSA) is 149 Å². The predicted octanol–water partition coefficient (Wildman–Crippen LogP) is 0.450. The molecular weight excluding hydrogens is 296 g/mol. The molecule has 0 amide bonds. The van der Waals surface area contributed by atoms with Crippen LogP contribution in [-0.4, -0.2) is 44.3 Å². The number of aliphatic carboxylic acids is 4. The van der Waals surface area contributed by atoms with Gasteiger partial charge in [-0.05, 0) is 18.4 Å². The first kappa shape index (κ1) is 15.7. The molecule has 8 heteroatoms. The third-order valence-electron chi connectivity index (χ3n) is 4.17. The number of carboxylic acid groups (broad SMARTS) is 4. The summed E-state index contributed by atoms with van der Waals surface area (Å²) in [6, 6.07) is 0. The molecular formula is C14H14O8. The molecule has 0 fully saturated rings. The summed E-state index contributed by atoms with van der Waals surface area (Å²) in [5.74, 6) is -12.9. The summed E-state index contributed by atoms with van der Waals surface area (Å²) in [5, 5.41) is 37.3. The fraction of sp³-hybridized carbons (Fsp3) is 0.429. The van der Waals surface area contributed by atoms with Crippen LogP contribution in [0.25, 0.3) is 0 Å². The van der Waals surface area contributed by atoms with Crippen molar-refractivity contribution >= 4 is 23.9 Å². The Labute approximate surface area is 124 Å². The van der Waals surface area contributed by atoms with Crippen LogP contribution >= 0.6 is 0 Å². The lowest BCUT2D eigenvalue weighted by molar-refractivity contribution is -0.167. The molecule has 0 saturated heterocycles. The van der Waals surface area contributed by atoms with E-state index < -0.39 is 47.5 Å². The standard InChI is InChI=1S/C14H14O8/c15-11(16)7-5-3-1-2-4-6(5)8(12(17)18)10(14(21)22)9(7)13(19)20/h1,3,7-10H,2,4H2,(H,15,16)(H,17,18)(H,19,20)(H,21,22). The van der Waals surface area contributed by atoms with Gasteiger partial charge in [0, 0.05) is 0 Å². The Morgan fingerprint density at radius 3 is 1.77 bits per heavy atom. The van der Waals surface area contributed by atoms with Gasteiger partial charge in [0.2, 0.25) is 0 Å². The minimum atomic E-state index is -1.84. The summed E-state index contributed by atoms with van der Waals surface area (Å²) in [4.78, 5) is 45.9. The van der Waals surface area contributed by atoms with E-state index in [0.717, 1.165) is 0 Å². The lowest BCUT2D eigenvalue weighted by atomic mass is 9.61. The second kappa shape index (κ2) is 5.63. The molecule has 0 spiro atoms. The van der Waals surface area contributed by atoms with Crippen molar-refractivity contribution in [3.63, 3.8) is 0 Å². The van der Waals surface area contributed by atoms with Crippen LogP contribution in [0, 0.1) is 23.7 Å². The van der Waals surface area contributed by atoms with E-state index >= 15 is 0 Å². The number of rotatable bonds is 4.